The van der Waals surface area contributed by atoms with Gasteiger partial charge >= 0.3 is 0 Å². The van der Waals surface area contributed by atoms with E-state index in [4.69, 9.17) is 23.8 Å². The van der Waals surface area contributed by atoms with Crippen LogP contribution in [0.1, 0.15) is 23.7 Å². The average Bonchev–Trinajstić information content (AvgIpc) is 2.22. The number of terminal acetylenes is 1. The van der Waals surface area contributed by atoms with Crippen LogP contribution < -0.4 is 11.1 Å². The molecule has 0 bridgehead atoms. The second-order valence-electron chi connectivity index (χ2n) is 3.48. The van der Waals surface area contributed by atoms with E-state index in [1.54, 1.807) is 18.2 Å². The van der Waals surface area contributed by atoms with Crippen molar-refractivity contribution in [2.24, 2.45) is 0 Å². The van der Waals surface area contributed by atoms with Crippen molar-refractivity contribution >= 4 is 23.2 Å². The number of para-hydroxylation sites is 1. The van der Waals surface area contributed by atoms with Crippen molar-refractivity contribution in [3.63, 3.8) is 0 Å². The molecule has 0 saturated heterocycles. The summed E-state index contributed by atoms with van der Waals surface area (Å²) in [6.45, 7) is 1.83. The summed E-state index contributed by atoms with van der Waals surface area (Å²) in [5, 5.41) is 3.12. The van der Waals surface area contributed by atoms with E-state index in [1.807, 2.05) is 6.92 Å². The van der Waals surface area contributed by atoms with Gasteiger partial charge in [-0.15, -0.1) is 12.3 Å². The summed E-state index contributed by atoms with van der Waals surface area (Å²) in [5.41, 5.74) is 6.36. The third-order valence-electron chi connectivity index (χ3n) is 2.10. The number of nitrogens with one attached hydrogen (secondary N) is 1. The van der Waals surface area contributed by atoms with Gasteiger partial charge in [0, 0.05) is 12.5 Å². The molecule has 1 aromatic rings. The fourth-order valence-corrected chi connectivity index (χ4v) is 1.44. The maximum atomic E-state index is 11.8. The van der Waals surface area contributed by atoms with Gasteiger partial charge < -0.3 is 11.1 Å². The number of benzene rings is 1. The Morgan fingerprint density at radius 3 is 3.00 bits per heavy atom. The summed E-state index contributed by atoms with van der Waals surface area (Å²) < 4.78 is 0. The van der Waals surface area contributed by atoms with Gasteiger partial charge in [0.15, 0.2) is 0 Å². The Kier molecular flexibility index (Phi) is 4.21. The van der Waals surface area contributed by atoms with E-state index < -0.39 is 0 Å². The molecular formula is C12H13ClN2O. The number of amides is 1. The van der Waals surface area contributed by atoms with E-state index in [1.165, 1.54) is 0 Å². The van der Waals surface area contributed by atoms with Crippen molar-refractivity contribution in [3.8, 4) is 12.3 Å². The molecule has 0 aliphatic rings. The molecule has 3 N–H and O–H groups in total. The number of hydrogen-bond acceptors (Lipinski definition) is 2. The first-order chi connectivity index (χ1) is 7.56. The highest BCUT2D eigenvalue weighted by Crippen LogP contribution is 2.22. The van der Waals surface area contributed by atoms with Crippen LogP contribution >= 0.6 is 11.6 Å². The van der Waals surface area contributed by atoms with Gasteiger partial charge in [0.25, 0.3) is 5.91 Å². The Morgan fingerprint density at radius 1 is 1.69 bits per heavy atom. The van der Waals surface area contributed by atoms with E-state index >= 15 is 0 Å². The molecule has 1 amide bonds. The van der Waals surface area contributed by atoms with Gasteiger partial charge in [-0.3, -0.25) is 4.79 Å². The fraction of sp³-hybridized carbons (Fsp3) is 0.250. The molecule has 0 aromatic heterocycles. The Morgan fingerprint density at radius 2 is 2.38 bits per heavy atom. The number of hydrogen-bond donors (Lipinski definition) is 2. The summed E-state index contributed by atoms with van der Waals surface area (Å²) in [4.78, 5) is 11.8. The largest absolute Gasteiger partial charge is 0.397 e. The molecule has 0 radical (unpaired) electrons. The Hall–Kier alpha value is -1.66. The maximum Gasteiger partial charge on any atom is 0.253 e. The third kappa shape index (κ3) is 2.91. The first-order valence-corrected chi connectivity index (χ1v) is 5.22. The normalized spacial score (nSPS) is 11.6. The molecule has 1 atom stereocenters. The lowest BCUT2D eigenvalue weighted by Gasteiger charge is -2.12. The molecule has 84 valence electrons. The van der Waals surface area contributed by atoms with Gasteiger partial charge in [0.2, 0.25) is 0 Å². The lowest BCUT2D eigenvalue weighted by molar-refractivity contribution is 0.0942. The third-order valence-corrected chi connectivity index (χ3v) is 2.43. The van der Waals surface area contributed by atoms with Crippen molar-refractivity contribution in [2.75, 3.05) is 5.73 Å². The number of rotatable bonds is 3. The first-order valence-electron chi connectivity index (χ1n) is 4.84. The van der Waals surface area contributed by atoms with Crippen LogP contribution in [0.25, 0.3) is 0 Å². The van der Waals surface area contributed by atoms with Gasteiger partial charge in [-0.25, -0.2) is 0 Å². The highest BCUT2D eigenvalue weighted by Gasteiger charge is 2.13. The molecule has 3 nitrogen and oxygen atoms in total. The van der Waals surface area contributed by atoms with Crippen LogP contribution in [0.4, 0.5) is 5.69 Å². The minimum atomic E-state index is -0.261. The molecule has 1 unspecified atom stereocenters. The van der Waals surface area contributed by atoms with E-state index in [9.17, 15) is 4.79 Å². The van der Waals surface area contributed by atoms with Crippen molar-refractivity contribution < 1.29 is 4.79 Å². The van der Waals surface area contributed by atoms with Crippen LogP contribution in [0.2, 0.25) is 5.02 Å². The zero-order valence-corrected chi connectivity index (χ0v) is 9.71. The van der Waals surface area contributed by atoms with E-state index in [0.717, 1.165) is 0 Å². The van der Waals surface area contributed by atoms with Gasteiger partial charge in [0.05, 0.1) is 16.3 Å². The van der Waals surface area contributed by atoms with Crippen molar-refractivity contribution in [1.29, 1.82) is 0 Å². The molecule has 1 rings (SSSR count). The highest BCUT2D eigenvalue weighted by molar-refractivity contribution is 6.33. The minimum absolute atomic E-state index is 0.0871. The SMILES string of the molecule is C#CCC(C)NC(=O)c1cccc(Cl)c1N. The van der Waals surface area contributed by atoms with Crippen molar-refractivity contribution in [3.05, 3.63) is 28.8 Å². The fourth-order valence-electron chi connectivity index (χ4n) is 1.26. The molecular weight excluding hydrogens is 224 g/mol. The number of halogens is 1. The van der Waals surface area contributed by atoms with Crippen LogP contribution in [-0.4, -0.2) is 11.9 Å². The van der Waals surface area contributed by atoms with Gasteiger partial charge in [-0.1, -0.05) is 17.7 Å². The molecule has 4 heteroatoms. The topological polar surface area (TPSA) is 55.1 Å². The standard InChI is InChI=1S/C12H13ClN2O/c1-3-5-8(2)15-12(16)9-6-4-7-10(13)11(9)14/h1,4,6-8H,5,14H2,2H3,(H,15,16). The summed E-state index contributed by atoms with van der Waals surface area (Å²) >= 11 is 5.82. The van der Waals surface area contributed by atoms with Crippen LogP contribution in [0.15, 0.2) is 18.2 Å². The van der Waals surface area contributed by atoms with E-state index in [2.05, 4.69) is 11.2 Å². The monoisotopic (exact) mass is 236 g/mol. The molecule has 1 aromatic carbocycles. The highest BCUT2D eigenvalue weighted by atomic mass is 35.5. The lowest BCUT2D eigenvalue weighted by atomic mass is 10.1. The first kappa shape index (κ1) is 12.4. The second kappa shape index (κ2) is 5.43. The Bertz CT molecular complexity index is 437. The molecule has 16 heavy (non-hydrogen) atoms. The maximum absolute atomic E-state index is 11.8. The van der Waals surface area contributed by atoms with Crippen LogP contribution in [0.5, 0.6) is 0 Å². The van der Waals surface area contributed by atoms with Crippen molar-refractivity contribution in [1.82, 2.24) is 5.32 Å². The minimum Gasteiger partial charge on any atom is -0.397 e. The number of carbonyl (C=O) groups excluding carboxylic acids is 1. The molecule has 0 aliphatic carbocycles. The molecule has 0 aliphatic heterocycles. The zero-order chi connectivity index (χ0) is 12.1. The van der Waals surface area contributed by atoms with Crippen LogP contribution in [0.3, 0.4) is 0 Å². The van der Waals surface area contributed by atoms with Gasteiger partial charge in [0.1, 0.15) is 0 Å². The van der Waals surface area contributed by atoms with Crippen LogP contribution in [-0.2, 0) is 0 Å². The quantitative estimate of drug-likeness (QED) is 0.624. The van der Waals surface area contributed by atoms with Crippen LogP contribution in [0, 0.1) is 12.3 Å². The zero-order valence-electron chi connectivity index (χ0n) is 8.96. The van der Waals surface area contributed by atoms with E-state index in [0.29, 0.717) is 17.0 Å². The summed E-state index contributed by atoms with van der Waals surface area (Å²) in [6.07, 6.45) is 5.63. The summed E-state index contributed by atoms with van der Waals surface area (Å²) in [6, 6.07) is 4.85. The summed E-state index contributed by atoms with van der Waals surface area (Å²) in [7, 11) is 0. The lowest BCUT2D eigenvalue weighted by Crippen LogP contribution is -2.32. The molecule has 0 fully saturated rings. The number of carbonyl (C=O) groups is 1. The van der Waals surface area contributed by atoms with Gasteiger partial charge in [-0.05, 0) is 19.1 Å². The molecule has 0 heterocycles. The Balaban J connectivity index is 2.82. The molecule has 0 saturated carbocycles. The summed E-state index contributed by atoms with van der Waals surface area (Å²) in [5.74, 6) is 2.22. The molecule has 0 spiro atoms. The number of nitrogens with two attached hydrogens (primary N) is 1. The van der Waals surface area contributed by atoms with E-state index in [-0.39, 0.29) is 17.6 Å². The predicted molar refractivity (Wildman–Crippen MR) is 66.2 cm³/mol. The number of nitrogen functional groups attached to an aromatic ring is 1. The number of anilines is 1. The average molecular weight is 237 g/mol. The Labute approximate surface area is 100.0 Å². The smallest absolute Gasteiger partial charge is 0.253 e. The predicted octanol–water partition coefficient (Wildman–Crippen LogP) is 2.06. The second-order valence-corrected chi connectivity index (χ2v) is 3.89. The van der Waals surface area contributed by atoms with Crippen molar-refractivity contribution in [2.45, 2.75) is 19.4 Å². The van der Waals surface area contributed by atoms with Gasteiger partial charge in [-0.2, -0.15) is 0 Å².